The first-order valence-electron chi connectivity index (χ1n) is 21.4. The number of thiazole rings is 1. The predicted molar refractivity (Wildman–Crippen MR) is 249 cm³/mol. The zero-order valence-electron chi connectivity index (χ0n) is 37.4. The summed E-state index contributed by atoms with van der Waals surface area (Å²) >= 11 is 3.16. The Bertz CT molecular complexity index is 2840. The molecule has 2 aromatic carbocycles. The van der Waals surface area contributed by atoms with E-state index >= 15 is 0 Å². The Morgan fingerprint density at radius 2 is 1.58 bits per heavy atom. The first-order valence-corrected chi connectivity index (χ1v) is 23.1. The first kappa shape index (κ1) is 45.1. The van der Waals surface area contributed by atoms with Gasteiger partial charge < -0.3 is 25.7 Å². The van der Waals surface area contributed by atoms with E-state index in [0.29, 0.717) is 22.9 Å². The second kappa shape index (κ2) is 17.9. The lowest BCUT2D eigenvalue weighted by atomic mass is 9.85. The maximum atomic E-state index is 14.4. The molecule has 2 unspecified atom stereocenters. The Kier molecular flexibility index (Phi) is 12.4. The van der Waals surface area contributed by atoms with E-state index in [-0.39, 0.29) is 31.1 Å². The van der Waals surface area contributed by atoms with Crippen LogP contribution in [0.3, 0.4) is 0 Å². The van der Waals surface area contributed by atoms with E-state index in [4.69, 9.17) is 4.99 Å². The molecule has 17 heteroatoms. The van der Waals surface area contributed by atoms with Crippen LogP contribution in [0.4, 0.5) is 0 Å². The molecule has 2 aliphatic heterocycles. The highest BCUT2D eigenvalue weighted by Gasteiger charge is 2.45. The van der Waals surface area contributed by atoms with Gasteiger partial charge in [-0.15, -0.1) is 32.9 Å². The summed E-state index contributed by atoms with van der Waals surface area (Å²) in [6.07, 6.45) is 0.426. The number of nitrogens with zero attached hydrogens (tertiary/aromatic N) is 7. The minimum atomic E-state index is -1.06. The van der Waals surface area contributed by atoms with Gasteiger partial charge in [-0.25, -0.2) is 4.98 Å². The highest BCUT2D eigenvalue weighted by molar-refractivity contribution is 7.15. The lowest BCUT2D eigenvalue weighted by Crippen LogP contribution is -2.58. The summed E-state index contributed by atoms with van der Waals surface area (Å²) in [5.74, 6) is -1.32. The molecule has 0 spiro atoms. The topological polar surface area (TPSA) is 205 Å². The number of carboxylic acids is 1. The maximum Gasteiger partial charge on any atom is 0.306 e. The minimum Gasteiger partial charge on any atom is -0.481 e. The molecule has 0 saturated carbocycles. The number of pyridine rings is 1. The monoisotopic (exact) mass is 913 g/mol. The summed E-state index contributed by atoms with van der Waals surface area (Å²) in [5.41, 5.74) is 8.87. The molecule has 4 aromatic heterocycles. The molecule has 0 radical (unpaired) electrons. The number of thiophene rings is 1. The number of hydrogen-bond acceptors (Lipinski definition) is 12. The average Bonchev–Trinajstić information content (AvgIpc) is 4.04. The van der Waals surface area contributed by atoms with E-state index in [1.165, 1.54) is 11.1 Å². The molecule has 65 heavy (non-hydrogen) atoms. The number of likely N-dealkylation sites (tertiary alicyclic amines) is 1. The first-order chi connectivity index (χ1) is 30.9. The van der Waals surface area contributed by atoms with Gasteiger partial charge in [0.1, 0.15) is 34.6 Å². The Balaban J connectivity index is 0.991. The molecule has 336 valence electrons. The van der Waals surface area contributed by atoms with Crippen molar-refractivity contribution in [2.24, 2.45) is 10.4 Å². The fraction of sp³-hybridized carbons (Fsp3) is 0.354. The van der Waals surface area contributed by atoms with Crippen LogP contribution in [0.1, 0.15) is 108 Å². The fourth-order valence-corrected chi connectivity index (χ4v) is 10.5. The van der Waals surface area contributed by atoms with Gasteiger partial charge in [0, 0.05) is 35.2 Å². The number of aliphatic hydroxyl groups is 1. The molecule has 3 amide bonds. The van der Waals surface area contributed by atoms with Crippen molar-refractivity contribution in [1.29, 1.82) is 0 Å². The summed E-state index contributed by atoms with van der Waals surface area (Å²) in [6.45, 7) is 15.2. The number of fused-ring (bicyclic) bond motifs is 3. The van der Waals surface area contributed by atoms with Crippen LogP contribution >= 0.6 is 22.7 Å². The molecule has 2 aliphatic rings. The predicted octanol–water partition coefficient (Wildman–Crippen LogP) is 7.10. The SMILES string of the molecule is Cc1ncsc1-c1ccc(C(C)NC(=O)[C@@H]2C[C@@H](O)CN2C(=O)C(NC(=O)c2cc(-c3ccc(C4=N[C@@H](CC(=O)O)c5nnc(C)n5-c5sc(C)c(C)c54)cc3)ccn2)C(C)(C)C)cc1. The Morgan fingerprint density at radius 3 is 2.25 bits per heavy atom. The average molecular weight is 914 g/mol. The fourth-order valence-electron chi connectivity index (χ4n) is 8.47. The van der Waals surface area contributed by atoms with Crippen LogP contribution in [0, 0.1) is 33.1 Å². The molecule has 4 N–H and O–H groups in total. The Morgan fingerprint density at radius 1 is 0.892 bits per heavy atom. The number of aromatic nitrogens is 5. The van der Waals surface area contributed by atoms with Crippen LogP contribution < -0.4 is 10.6 Å². The molecular formula is C48H51N9O6S2. The number of aliphatic carboxylic acids is 1. The molecular weight excluding hydrogens is 863 g/mol. The van der Waals surface area contributed by atoms with Crippen molar-refractivity contribution < 1.29 is 29.4 Å². The van der Waals surface area contributed by atoms with Crippen LogP contribution in [0.25, 0.3) is 26.6 Å². The van der Waals surface area contributed by atoms with Crippen molar-refractivity contribution in [3.8, 4) is 26.6 Å². The number of carbonyl (C=O) groups is 4. The number of aliphatic hydroxyl groups excluding tert-OH is 1. The number of aryl methyl sites for hydroxylation is 3. The molecule has 8 rings (SSSR count). The van der Waals surface area contributed by atoms with Crippen molar-refractivity contribution in [3.63, 3.8) is 0 Å². The summed E-state index contributed by atoms with van der Waals surface area (Å²) in [6, 6.07) is 15.9. The third-order valence-corrected chi connectivity index (χ3v) is 14.3. The van der Waals surface area contributed by atoms with E-state index in [2.05, 4.69) is 30.8 Å². The number of nitrogens with one attached hydrogen (secondary N) is 2. The van der Waals surface area contributed by atoms with Crippen LogP contribution in [0.2, 0.25) is 0 Å². The second-order valence-corrected chi connectivity index (χ2v) is 19.8. The summed E-state index contributed by atoms with van der Waals surface area (Å²) in [4.78, 5) is 71.5. The highest BCUT2D eigenvalue weighted by Crippen LogP contribution is 2.40. The molecule has 15 nitrogen and oxygen atoms in total. The number of carbonyl (C=O) groups excluding carboxylic acids is 3. The van der Waals surface area contributed by atoms with E-state index < -0.39 is 53.3 Å². The summed E-state index contributed by atoms with van der Waals surface area (Å²) in [7, 11) is 0. The highest BCUT2D eigenvalue weighted by atomic mass is 32.1. The third kappa shape index (κ3) is 9.00. The number of hydrogen-bond donors (Lipinski definition) is 4. The van der Waals surface area contributed by atoms with Gasteiger partial charge in [0.05, 0.1) is 40.4 Å². The number of aliphatic imine (C=N–C) groups is 1. The quantitative estimate of drug-likeness (QED) is 0.104. The van der Waals surface area contributed by atoms with Gasteiger partial charge in [-0.3, -0.25) is 33.7 Å². The molecule has 6 aromatic rings. The summed E-state index contributed by atoms with van der Waals surface area (Å²) < 4.78 is 1.91. The van der Waals surface area contributed by atoms with Gasteiger partial charge in [0.25, 0.3) is 5.91 Å². The van der Waals surface area contributed by atoms with Gasteiger partial charge in [-0.2, -0.15) is 0 Å². The molecule has 0 bridgehead atoms. The zero-order valence-corrected chi connectivity index (χ0v) is 39.0. The molecule has 1 fully saturated rings. The van der Waals surface area contributed by atoms with Crippen molar-refractivity contribution in [1.82, 2.24) is 40.3 Å². The molecule has 6 heterocycles. The number of amides is 3. The second-order valence-electron chi connectivity index (χ2n) is 17.8. The van der Waals surface area contributed by atoms with Crippen LogP contribution in [-0.4, -0.2) is 94.0 Å². The lowest BCUT2D eigenvalue weighted by Gasteiger charge is -2.35. The Hall–Kier alpha value is -6.43. The molecule has 5 atom stereocenters. The van der Waals surface area contributed by atoms with Gasteiger partial charge in [0.2, 0.25) is 11.8 Å². The third-order valence-electron chi connectivity index (χ3n) is 12.1. The van der Waals surface area contributed by atoms with Crippen molar-refractivity contribution >= 4 is 52.1 Å². The lowest BCUT2D eigenvalue weighted by molar-refractivity contribution is -0.142. The van der Waals surface area contributed by atoms with Crippen molar-refractivity contribution in [3.05, 3.63) is 123 Å². The van der Waals surface area contributed by atoms with Crippen LogP contribution in [-0.2, 0) is 14.4 Å². The smallest absolute Gasteiger partial charge is 0.306 e. The van der Waals surface area contributed by atoms with E-state index in [1.807, 2.05) is 114 Å². The maximum absolute atomic E-state index is 14.4. The van der Waals surface area contributed by atoms with Gasteiger partial charge in [0.15, 0.2) is 5.82 Å². The normalized spacial score (nSPS) is 18.0. The molecule has 0 aliphatic carbocycles. The minimum absolute atomic E-state index is 0.0547. The van der Waals surface area contributed by atoms with Crippen molar-refractivity contribution in [2.45, 2.75) is 98.5 Å². The largest absolute Gasteiger partial charge is 0.481 e. The van der Waals surface area contributed by atoms with Gasteiger partial charge in [-0.05, 0) is 80.0 Å². The van der Waals surface area contributed by atoms with Crippen LogP contribution in [0.15, 0.2) is 77.4 Å². The summed E-state index contributed by atoms with van der Waals surface area (Å²) in [5, 5.41) is 36.1. The van der Waals surface area contributed by atoms with Gasteiger partial charge in [-0.1, -0.05) is 69.3 Å². The number of benzene rings is 2. The Labute approximate surface area is 384 Å². The van der Waals surface area contributed by atoms with Crippen molar-refractivity contribution in [2.75, 3.05) is 6.54 Å². The zero-order chi connectivity index (χ0) is 46.5. The number of carboxylic acid groups (broad SMARTS) is 1. The van der Waals surface area contributed by atoms with Crippen LogP contribution in [0.5, 0.6) is 0 Å². The standard InChI is InChI=1S/C48H51N9O6S2/c1-24-27(4)65-47-39(24)40(52-35(21-38(59)60)43-55-54-28(5)57(43)47)31-13-11-30(12-14-31)33-17-18-49-36(19-33)44(61)53-42(48(6,7)8)46(63)56-22-34(58)20-37(56)45(62)51-25(2)29-9-15-32(16-10-29)41-26(3)50-23-64-41/h9-19,23,25,34-35,37,42,58H,20-22H2,1-8H3,(H,51,62)(H,53,61)(H,59,60)/t25?,34-,35+,37+,42?/m1/s1. The van der Waals surface area contributed by atoms with Gasteiger partial charge >= 0.3 is 5.97 Å². The number of β-amino-alcohol motifs (C(OH)–C–C–N with tert-alkyl or cyclic N) is 1. The number of rotatable bonds is 11. The van der Waals surface area contributed by atoms with E-state index in [0.717, 1.165) is 53.8 Å². The van der Waals surface area contributed by atoms with E-state index in [1.54, 1.807) is 34.8 Å². The van der Waals surface area contributed by atoms with E-state index in [9.17, 15) is 29.4 Å². The molecule has 1 saturated heterocycles.